The van der Waals surface area contributed by atoms with Gasteiger partial charge in [0.25, 0.3) is 5.56 Å². The van der Waals surface area contributed by atoms with Crippen molar-refractivity contribution >= 4 is 10.9 Å². The maximum Gasteiger partial charge on any atom is 0.261 e. The van der Waals surface area contributed by atoms with Gasteiger partial charge in [-0.05, 0) is 43.2 Å². The van der Waals surface area contributed by atoms with Crippen LogP contribution in [0.1, 0.15) is 24.0 Å². The van der Waals surface area contributed by atoms with Gasteiger partial charge >= 0.3 is 0 Å². The summed E-state index contributed by atoms with van der Waals surface area (Å²) in [4.78, 5) is 21.4. The Labute approximate surface area is 144 Å². The molecule has 25 heavy (non-hydrogen) atoms. The second-order valence-corrected chi connectivity index (χ2v) is 6.28. The average molecular weight is 333 g/mol. The van der Waals surface area contributed by atoms with E-state index in [9.17, 15) is 9.18 Å². The van der Waals surface area contributed by atoms with Gasteiger partial charge in [-0.1, -0.05) is 12.0 Å². The lowest BCUT2D eigenvalue weighted by Crippen LogP contribution is -2.22. The first kappa shape index (κ1) is 15.5. The van der Waals surface area contributed by atoms with Crippen molar-refractivity contribution in [3.05, 3.63) is 70.0 Å². The minimum atomic E-state index is -0.955. The van der Waals surface area contributed by atoms with Crippen LogP contribution in [0.2, 0.25) is 0 Å². The van der Waals surface area contributed by atoms with E-state index in [1.807, 2.05) is 18.2 Å². The van der Waals surface area contributed by atoms with Crippen molar-refractivity contribution in [1.82, 2.24) is 14.5 Å². The van der Waals surface area contributed by atoms with Crippen molar-refractivity contribution in [3.63, 3.8) is 0 Å². The molecule has 2 unspecified atom stereocenters. The van der Waals surface area contributed by atoms with E-state index in [1.165, 1.54) is 6.92 Å². The van der Waals surface area contributed by atoms with Crippen LogP contribution in [-0.2, 0) is 13.0 Å². The molecule has 0 spiro atoms. The molecule has 1 aliphatic heterocycles. The van der Waals surface area contributed by atoms with Crippen molar-refractivity contribution in [2.75, 3.05) is 0 Å². The lowest BCUT2D eigenvalue weighted by Gasteiger charge is -2.08. The Balaban J connectivity index is 1.75. The Kier molecular flexibility index (Phi) is 3.81. The molecule has 5 heteroatoms. The molecule has 0 fully saturated rings. The number of halogens is 1. The average Bonchev–Trinajstić information content (AvgIpc) is 3.05. The van der Waals surface area contributed by atoms with Crippen LogP contribution in [0.15, 0.2) is 47.4 Å². The normalized spacial score (nSPS) is 17.0. The maximum absolute atomic E-state index is 13.6. The van der Waals surface area contributed by atoms with Gasteiger partial charge in [-0.25, -0.2) is 14.4 Å². The molecular weight excluding hydrogens is 317 g/mol. The number of hydrogen-bond acceptors (Lipinski definition) is 3. The largest absolute Gasteiger partial charge is 0.296 e. The fraction of sp³-hybridized carbons (Fsp3) is 0.250. The molecule has 0 radical (unpaired) electrons. The highest BCUT2D eigenvalue weighted by Crippen LogP contribution is 2.23. The zero-order valence-corrected chi connectivity index (χ0v) is 13.7. The third-order valence-corrected chi connectivity index (χ3v) is 4.55. The molecule has 0 N–H and O–H groups in total. The van der Waals surface area contributed by atoms with Crippen LogP contribution in [-0.4, -0.2) is 20.7 Å². The fourth-order valence-corrected chi connectivity index (χ4v) is 3.10. The third kappa shape index (κ3) is 2.91. The Bertz CT molecular complexity index is 1060. The number of fused-ring (bicyclic) bond motifs is 2. The molecule has 2 atom stereocenters. The van der Waals surface area contributed by atoms with Crippen molar-refractivity contribution in [2.45, 2.75) is 26.1 Å². The summed E-state index contributed by atoms with van der Waals surface area (Å²) in [7, 11) is 0. The molecule has 0 saturated heterocycles. The topological polar surface area (TPSA) is 47.8 Å². The quantitative estimate of drug-likeness (QED) is 0.643. The number of aromatic nitrogens is 3. The summed E-state index contributed by atoms with van der Waals surface area (Å²) in [5.74, 6) is 6.51. The summed E-state index contributed by atoms with van der Waals surface area (Å²) < 4.78 is 15.2. The molecule has 3 heterocycles. The monoisotopic (exact) mass is 333 g/mol. The third-order valence-electron chi connectivity index (χ3n) is 4.55. The van der Waals surface area contributed by atoms with Gasteiger partial charge in [0.15, 0.2) is 0 Å². The predicted molar refractivity (Wildman–Crippen MR) is 94.0 cm³/mol. The molecule has 4 rings (SSSR count). The molecule has 124 valence electrons. The van der Waals surface area contributed by atoms with Crippen LogP contribution in [0.25, 0.3) is 10.9 Å². The smallest absolute Gasteiger partial charge is 0.261 e. The Morgan fingerprint density at radius 3 is 2.92 bits per heavy atom. The molecule has 1 aliphatic rings. The van der Waals surface area contributed by atoms with Crippen molar-refractivity contribution in [2.24, 2.45) is 5.92 Å². The standard InChI is InChI=1S/C20H16FN3O/c1-13(21)15-11-19-23-18-10-14(5-7-16-4-2-3-9-22-16)6-8-17(18)20(25)24(19)12-15/h2-4,6,8-10,13,15H,11-12H2,1H3. The molecule has 0 aliphatic carbocycles. The van der Waals surface area contributed by atoms with Crippen LogP contribution >= 0.6 is 0 Å². The number of hydrogen-bond donors (Lipinski definition) is 0. The van der Waals surface area contributed by atoms with Crippen molar-refractivity contribution < 1.29 is 4.39 Å². The summed E-state index contributed by atoms with van der Waals surface area (Å²) in [5.41, 5.74) is 1.95. The first-order valence-corrected chi connectivity index (χ1v) is 8.22. The number of alkyl halides is 1. The summed E-state index contributed by atoms with van der Waals surface area (Å²) in [5, 5.41) is 0.541. The minimum absolute atomic E-state index is 0.104. The van der Waals surface area contributed by atoms with Crippen molar-refractivity contribution in [3.8, 4) is 11.8 Å². The Morgan fingerprint density at radius 1 is 1.28 bits per heavy atom. The number of pyridine rings is 1. The SMILES string of the molecule is CC(F)C1Cc2nc3cc(C#Cc4ccccn4)ccc3c(=O)n2C1. The van der Waals surface area contributed by atoms with Gasteiger partial charge in [0.2, 0.25) is 0 Å². The van der Waals surface area contributed by atoms with Crippen LogP contribution in [0.4, 0.5) is 4.39 Å². The van der Waals surface area contributed by atoms with Crippen LogP contribution in [0.5, 0.6) is 0 Å². The van der Waals surface area contributed by atoms with Crippen molar-refractivity contribution in [1.29, 1.82) is 0 Å². The van der Waals surface area contributed by atoms with Gasteiger partial charge in [0.05, 0.1) is 10.9 Å². The lowest BCUT2D eigenvalue weighted by molar-refractivity contribution is 0.245. The second-order valence-electron chi connectivity index (χ2n) is 6.28. The number of rotatable bonds is 1. The van der Waals surface area contributed by atoms with Gasteiger partial charge in [-0.3, -0.25) is 9.36 Å². The van der Waals surface area contributed by atoms with Gasteiger partial charge in [-0.2, -0.15) is 0 Å². The zero-order valence-electron chi connectivity index (χ0n) is 13.7. The van der Waals surface area contributed by atoms with E-state index < -0.39 is 6.17 Å². The van der Waals surface area contributed by atoms with E-state index in [0.29, 0.717) is 35.4 Å². The Morgan fingerprint density at radius 2 is 2.16 bits per heavy atom. The predicted octanol–water partition coefficient (Wildman–Crippen LogP) is 2.72. The lowest BCUT2D eigenvalue weighted by atomic mass is 10.0. The Hall–Kier alpha value is -3.00. The van der Waals surface area contributed by atoms with Crippen LogP contribution in [0.3, 0.4) is 0 Å². The van der Waals surface area contributed by atoms with E-state index in [1.54, 1.807) is 29.0 Å². The van der Waals surface area contributed by atoms with E-state index >= 15 is 0 Å². The molecule has 0 bridgehead atoms. The van der Waals surface area contributed by atoms with Gasteiger partial charge in [-0.15, -0.1) is 0 Å². The summed E-state index contributed by atoms with van der Waals surface area (Å²) in [6, 6.07) is 10.9. The van der Waals surface area contributed by atoms with Gasteiger partial charge < -0.3 is 0 Å². The zero-order chi connectivity index (χ0) is 17.4. The first-order valence-electron chi connectivity index (χ1n) is 8.22. The second kappa shape index (κ2) is 6.14. The molecule has 0 saturated carbocycles. The highest BCUT2D eigenvalue weighted by Gasteiger charge is 2.28. The maximum atomic E-state index is 13.6. The number of nitrogens with zero attached hydrogens (tertiary/aromatic N) is 3. The van der Waals surface area contributed by atoms with E-state index in [4.69, 9.17) is 0 Å². The highest BCUT2D eigenvalue weighted by molar-refractivity contribution is 5.79. The minimum Gasteiger partial charge on any atom is -0.296 e. The molecule has 2 aromatic heterocycles. The van der Waals surface area contributed by atoms with Gasteiger partial charge in [0.1, 0.15) is 17.7 Å². The van der Waals surface area contributed by atoms with Crippen LogP contribution in [0, 0.1) is 17.8 Å². The molecule has 4 nitrogen and oxygen atoms in total. The fourth-order valence-electron chi connectivity index (χ4n) is 3.10. The number of benzene rings is 1. The summed E-state index contributed by atoms with van der Waals surface area (Å²) in [6.07, 6.45) is 1.23. The first-order chi connectivity index (χ1) is 12.1. The summed E-state index contributed by atoms with van der Waals surface area (Å²) in [6.45, 7) is 1.93. The highest BCUT2D eigenvalue weighted by atomic mass is 19.1. The van der Waals surface area contributed by atoms with E-state index in [-0.39, 0.29) is 11.5 Å². The molecule has 1 aromatic carbocycles. The molecule has 3 aromatic rings. The van der Waals surface area contributed by atoms with Crippen LogP contribution < -0.4 is 5.56 Å². The summed E-state index contributed by atoms with van der Waals surface area (Å²) >= 11 is 0. The molecule has 0 amide bonds. The molecular formula is C20H16FN3O. The van der Waals surface area contributed by atoms with E-state index in [0.717, 1.165) is 5.56 Å². The van der Waals surface area contributed by atoms with E-state index in [2.05, 4.69) is 21.8 Å². The van der Waals surface area contributed by atoms with Gasteiger partial charge in [0, 0.05) is 30.6 Å².